The minimum atomic E-state index is -0.503. The highest BCUT2D eigenvalue weighted by Crippen LogP contribution is 2.14. The molecule has 0 fully saturated rings. The smallest absolute Gasteiger partial charge is 0.0799 e. The Hall–Kier alpha value is -0.0800. The van der Waals surface area contributed by atoms with Crippen LogP contribution in [-0.2, 0) is 0 Å². The lowest BCUT2D eigenvalue weighted by Crippen LogP contribution is -2.25. The maximum atomic E-state index is 9.91. The quantitative estimate of drug-likeness (QED) is 0.406. The first-order chi connectivity index (χ1) is 9.72. The summed E-state index contributed by atoms with van der Waals surface area (Å²) in [7, 11) is 0. The van der Waals surface area contributed by atoms with Gasteiger partial charge in [0.15, 0.2) is 0 Å². The van der Waals surface area contributed by atoms with Gasteiger partial charge in [0.1, 0.15) is 0 Å². The van der Waals surface area contributed by atoms with Gasteiger partial charge in [-0.15, -0.1) is 0 Å². The van der Waals surface area contributed by atoms with Gasteiger partial charge in [0.05, 0.1) is 12.2 Å². The zero-order chi connectivity index (χ0) is 15.1. The second-order valence-electron chi connectivity index (χ2n) is 6.25. The van der Waals surface area contributed by atoms with E-state index in [-0.39, 0.29) is 0 Å². The largest absolute Gasteiger partial charge is 0.390 e. The van der Waals surface area contributed by atoms with Gasteiger partial charge in [-0.3, -0.25) is 0 Å². The summed E-state index contributed by atoms with van der Waals surface area (Å²) in [5.74, 6) is 0. The van der Waals surface area contributed by atoms with Crippen molar-refractivity contribution in [3.05, 3.63) is 0 Å². The summed E-state index contributed by atoms with van der Waals surface area (Å²) in [6.45, 7) is 4.45. The van der Waals surface area contributed by atoms with Crippen molar-refractivity contribution in [3.63, 3.8) is 0 Å². The van der Waals surface area contributed by atoms with Gasteiger partial charge in [-0.2, -0.15) is 0 Å². The van der Waals surface area contributed by atoms with E-state index in [1.165, 1.54) is 64.2 Å². The van der Waals surface area contributed by atoms with Crippen molar-refractivity contribution in [1.29, 1.82) is 0 Å². The second kappa shape index (κ2) is 15.3. The van der Waals surface area contributed by atoms with Crippen LogP contribution in [0.4, 0.5) is 0 Å². The van der Waals surface area contributed by atoms with Gasteiger partial charge >= 0.3 is 0 Å². The molecule has 0 heterocycles. The molecule has 0 saturated heterocycles. The first-order valence-electron chi connectivity index (χ1n) is 9.08. The molecule has 122 valence electrons. The van der Waals surface area contributed by atoms with Gasteiger partial charge in [-0.25, -0.2) is 0 Å². The highest BCUT2D eigenvalue weighted by molar-refractivity contribution is 4.67. The molecule has 0 aliphatic carbocycles. The van der Waals surface area contributed by atoms with Crippen LogP contribution in [-0.4, -0.2) is 22.4 Å². The summed E-state index contributed by atoms with van der Waals surface area (Å²) >= 11 is 0. The lowest BCUT2D eigenvalue weighted by Gasteiger charge is -2.17. The fourth-order valence-corrected chi connectivity index (χ4v) is 2.65. The third-order valence-corrected chi connectivity index (χ3v) is 4.15. The van der Waals surface area contributed by atoms with Crippen LogP contribution in [0.5, 0.6) is 0 Å². The number of hydrogen-bond acceptors (Lipinski definition) is 2. The van der Waals surface area contributed by atoms with Crippen molar-refractivity contribution in [1.82, 2.24) is 0 Å². The molecule has 0 amide bonds. The van der Waals surface area contributed by atoms with Crippen molar-refractivity contribution in [3.8, 4) is 0 Å². The molecule has 0 radical (unpaired) electrons. The average Bonchev–Trinajstić information content (AvgIpc) is 2.45. The Morgan fingerprint density at radius 2 is 0.800 bits per heavy atom. The molecule has 0 aromatic rings. The maximum absolute atomic E-state index is 9.91. The minimum Gasteiger partial charge on any atom is -0.390 e. The highest BCUT2D eigenvalue weighted by atomic mass is 16.3. The molecular formula is C18H38O2. The number of rotatable bonds is 15. The number of hydrogen-bond donors (Lipinski definition) is 2. The van der Waals surface area contributed by atoms with E-state index in [1.807, 2.05) is 0 Å². The predicted octanol–water partition coefficient (Wildman–Crippen LogP) is 5.21. The Kier molecular flexibility index (Phi) is 15.3. The summed E-state index contributed by atoms with van der Waals surface area (Å²) in [6, 6.07) is 0. The van der Waals surface area contributed by atoms with Crippen LogP contribution < -0.4 is 0 Å². The van der Waals surface area contributed by atoms with E-state index < -0.39 is 12.2 Å². The third kappa shape index (κ3) is 12.9. The standard InChI is InChI=1S/C18H38O2/c1-3-5-7-9-11-13-15-17(19)18(20)16-14-12-10-8-6-4-2/h17-20H,3-16H2,1-2H3/t17-,18-/m1/s1. The number of aliphatic hydroxyl groups is 2. The Balaban J connectivity index is 3.35. The van der Waals surface area contributed by atoms with E-state index in [2.05, 4.69) is 13.8 Å². The van der Waals surface area contributed by atoms with Crippen LogP contribution >= 0.6 is 0 Å². The minimum absolute atomic E-state index is 0.503. The molecule has 2 atom stereocenters. The highest BCUT2D eigenvalue weighted by Gasteiger charge is 2.14. The van der Waals surface area contributed by atoms with Crippen molar-refractivity contribution < 1.29 is 10.2 Å². The molecule has 0 aromatic carbocycles. The van der Waals surface area contributed by atoms with Crippen molar-refractivity contribution in [2.75, 3.05) is 0 Å². The van der Waals surface area contributed by atoms with Crippen molar-refractivity contribution >= 4 is 0 Å². The molecule has 0 unspecified atom stereocenters. The molecule has 0 bridgehead atoms. The van der Waals surface area contributed by atoms with Crippen molar-refractivity contribution in [2.45, 2.75) is 116 Å². The molecule has 20 heavy (non-hydrogen) atoms. The molecule has 0 aliphatic rings. The van der Waals surface area contributed by atoms with Gasteiger partial charge in [0, 0.05) is 0 Å². The summed E-state index contributed by atoms with van der Waals surface area (Å²) in [5.41, 5.74) is 0. The Morgan fingerprint density at radius 1 is 0.500 bits per heavy atom. The fraction of sp³-hybridized carbons (Fsp3) is 1.00. The summed E-state index contributed by atoms with van der Waals surface area (Å²) in [4.78, 5) is 0. The van der Waals surface area contributed by atoms with Gasteiger partial charge in [-0.1, -0.05) is 90.9 Å². The zero-order valence-electron chi connectivity index (χ0n) is 13.9. The van der Waals surface area contributed by atoms with Crippen LogP contribution in [0.25, 0.3) is 0 Å². The number of aliphatic hydroxyl groups excluding tert-OH is 2. The van der Waals surface area contributed by atoms with E-state index in [1.54, 1.807) is 0 Å². The van der Waals surface area contributed by atoms with Crippen LogP contribution in [0.2, 0.25) is 0 Å². The second-order valence-corrected chi connectivity index (χ2v) is 6.25. The Morgan fingerprint density at radius 3 is 1.15 bits per heavy atom. The molecule has 0 rings (SSSR count). The number of unbranched alkanes of at least 4 members (excludes halogenated alkanes) is 10. The maximum Gasteiger partial charge on any atom is 0.0799 e. The fourth-order valence-electron chi connectivity index (χ4n) is 2.65. The van der Waals surface area contributed by atoms with E-state index in [4.69, 9.17) is 0 Å². The lowest BCUT2D eigenvalue weighted by molar-refractivity contribution is 0.00712. The van der Waals surface area contributed by atoms with E-state index in [0.29, 0.717) is 0 Å². The molecular weight excluding hydrogens is 248 g/mol. The van der Waals surface area contributed by atoms with Crippen LogP contribution in [0.15, 0.2) is 0 Å². The van der Waals surface area contributed by atoms with Gasteiger partial charge in [0.2, 0.25) is 0 Å². The third-order valence-electron chi connectivity index (χ3n) is 4.15. The van der Waals surface area contributed by atoms with Crippen LogP contribution in [0.1, 0.15) is 104 Å². The van der Waals surface area contributed by atoms with Gasteiger partial charge < -0.3 is 10.2 Å². The Bertz CT molecular complexity index is 162. The zero-order valence-corrected chi connectivity index (χ0v) is 13.9. The molecule has 2 nitrogen and oxygen atoms in total. The first kappa shape index (κ1) is 19.9. The van der Waals surface area contributed by atoms with E-state index in [0.717, 1.165) is 25.7 Å². The van der Waals surface area contributed by atoms with Gasteiger partial charge in [0.25, 0.3) is 0 Å². The normalized spacial score (nSPS) is 14.4. The van der Waals surface area contributed by atoms with E-state index in [9.17, 15) is 10.2 Å². The predicted molar refractivity (Wildman–Crippen MR) is 88.0 cm³/mol. The molecule has 0 spiro atoms. The average molecular weight is 286 g/mol. The van der Waals surface area contributed by atoms with Gasteiger partial charge in [-0.05, 0) is 12.8 Å². The lowest BCUT2D eigenvalue weighted by atomic mass is 10.00. The summed E-state index contributed by atoms with van der Waals surface area (Å²) in [6.07, 6.45) is 15.4. The molecule has 0 aliphatic heterocycles. The first-order valence-corrected chi connectivity index (χ1v) is 9.08. The van der Waals surface area contributed by atoms with Crippen LogP contribution in [0.3, 0.4) is 0 Å². The molecule has 2 N–H and O–H groups in total. The topological polar surface area (TPSA) is 40.5 Å². The summed E-state index contributed by atoms with van der Waals surface area (Å²) in [5, 5.41) is 19.8. The van der Waals surface area contributed by atoms with E-state index >= 15 is 0 Å². The molecule has 2 heteroatoms. The van der Waals surface area contributed by atoms with Crippen LogP contribution in [0, 0.1) is 0 Å². The Labute approximate surface area is 127 Å². The monoisotopic (exact) mass is 286 g/mol. The van der Waals surface area contributed by atoms with Crippen molar-refractivity contribution in [2.24, 2.45) is 0 Å². The SMILES string of the molecule is CCCCCCCC[C@@H](O)[C@H](O)CCCCCCCC. The summed E-state index contributed by atoms with van der Waals surface area (Å²) < 4.78 is 0. The molecule has 0 saturated carbocycles. The molecule has 0 aromatic heterocycles.